The van der Waals surface area contributed by atoms with Gasteiger partial charge in [-0.3, -0.25) is 0 Å². The van der Waals surface area contributed by atoms with Crippen LogP contribution in [0, 0.1) is 0 Å². The minimum absolute atomic E-state index is 1.20. The first-order valence-electron chi connectivity index (χ1n) is 20.5. The minimum atomic E-state index is -2.62. The molecule has 11 aromatic carbocycles. The maximum atomic E-state index is 2.40. The lowest BCUT2D eigenvalue weighted by Crippen LogP contribution is -2.74. The van der Waals surface area contributed by atoms with Crippen LogP contribution >= 0.6 is 0 Å². The molecule has 0 heterocycles. The highest BCUT2D eigenvalue weighted by atomic mass is 28.3. The highest BCUT2D eigenvalue weighted by Gasteiger charge is 2.41. The van der Waals surface area contributed by atoms with Crippen molar-refractivity contribution in [3.63, 3.8) is 0 Å². The second kappa shape index (κ2) is 14.6. The zero-order valence-corrected chi connectivity index (χ0v) is 33.6. The Morgan fingerprint density at radius 3 is 1.10 bits per heavy atom. The molecule has 0 N–H and O–H groups in total. The first-order valence-corrected chi connectivity index (χ1v) is 22.5. The second-order valence-electron chi connectivity index (χ2n) is 15.6. The molecule has 11 rings (SSSR count). The summed E-state index contributed by atoms with van der Waals surface area (Å²) in [6.45, 7) is 0. The maximum Gasteiger partial charge on any atom is 0.179 e. The van der Waals surface area contributed by atoms with Gasteiger partial charge in [-0.25, -0.2) is 0 Å². The van der Waals surface area contributed by atoms with Gasteiger partial charge in [-0.15, -0.1) is 0 Å². The fraction of sp³-hybridized carbons (Fsp3) is 0. The molecule has 0 saturated carbocycles. The Labute approximate surface area is 346 Å². The summed E-state index contributed by atoms with van der Waals surface area (Å²) < 4.78 is 0. The summed E-state index contributed by atoms with van der Waals surface area (Å²) >= 11 is 0. The van der Waals surface area contributed by atoms with Crippen molar-refractivity contribution in [1.82, 2.24) is 0 Å². The Kier molecular flexibility index (Phi) is 8.61. The molecule has 0 fully saturated rings. The van der Waals surface area contributed by atoms with Crippen LogP contribution in [0.4, 0.5) is 0 Å². The van der Waals surface area contributed by atoms with Crippen LogP contribution in [0.5, 0.6) is 0 Å². The summed E-state index contributed by atoms with van der Waals surface area (Å²) in [6, 6.07) is 90.2. The zero-order chi connectivity index (χ0) is 39.2. The van der Waals surface area contributed by atoms with E-state index >= 15 is 0 Å². The first kappa shape index (κ1) is 34.9. The summed E-state index contributed by atoms with van der Waals surface area (Å²) in [5, 5.41) is 13.4. The van der Waals surface area contributed by atoms with Crippen LogP contribution in [-0.2, 0) is 0 Å². The van der Waals surface area contributed by atoms with Crippen LogP contribution in [-0.4, -0.2) is 8.07 Å². The SMILES string of the molecule is c1ccc(-c2cc(-c3ccc(-c4ccc5ccc6cccc7ccc4c5c67)cc3)cc(-c3ccc([Si](c4ccccc4)(c4ccccc4)c4ccccc4)cc3)c2)cc1. The third kappa shape index (κ3) is 5.98. The van der Waals surface area contributed by atoms with E-state index in [-0.39, 0.29) is 0 Å². The van der Waals surface area contributed by atoms with Crippen molar-refractivity contribution < 1.29 is 0 Å². The number of hydrogen-bond acceptors (Lipinski definition) is 0. The van der Waals surface area contributed by atoms with Crippen molar-refractivity contribution in [2.45, 2.75) is 0 Å². The number of hydrogen-bond donors (Lipinski definition) is 0. The minimum Gasteiger partial charge on any atom is -0.0623 e. The van der Waals surface area contributed by atoms with Gasteiger partial charge in [0.05, 0.1) is 0 Å². The topological polar surface area (TPSA) is 0 Å². The average Bonchev–Trinajstić information content (AvgIpc) is 3.32. The lowest BCUT2D eigenvalue weighted by Gasteiger charge is -2.34. The molecule has 0 nitrogen and oxygen atoms in total. The third-order valence-corrected chi connectivity index (χ3v) is 17.2. The quantitative estimate of drug-likeness (QED) is 0.0821. The molecule has 59 heavy (non-hydrogen) atoms. The average molecular weight is 765 g/mol. The molecule has 276 valence electrons. The maximum absolute atomic E-state index is 2.62. The van der Waals surface area contributed by atoms with Crippen molar-refractivity contribution >= 4 is 61.1 Å². The van der Waals surface area contributed by atoms with E-state index < -0.39 is 8.07 Å². The molecule has 0 radical (unpaired) electrons. The van der Waals surface area contributed by atoms with E-state index in [0.29, 0.717) is 0 Å². The Balaban J connectivity index is 1.02. The number of benzene rings is 11. The fourth-order valence-electron chi connectivity index (χ4n) is 9.56. The number of rotatable bonds is 8. The molecule has 0 amide bonds. The van der Waals surface area contributed by atoms with Crippen molar-refractivity contribution in [2.24, 2.45) is 0 Å². The van der Waals surface area contributed by atoms with Crippen molar-refractivity contribution in [1.29, 1.82) is 0 Å². The molecule has 0 bridgehead atoms. The Morgan fingerprint density at radius 1 is 0.220 bits per heavy atom. The highest BCUT2D eigenvalue weighted by Crippen LogP contribution is 2.40. The van der Waals surface area contributed by atoms with E-state index in [4.69, 9.17) is 0 Å². The van der Waals surface area contributed by atoms with Crippen LogP contribution in [0.15, 0.2) is 243 Å². The van der Waals surface area contributed by atoms with Crippen molar-refractivity contribution in [3.05, 3.63) is 243 Å². The Morgan fingerprint density at radius 2 is 0.593 bits per heavy atom. The van der Waals surface area contributed by atoms with E-state index in [1.165, 1.54) is 97.6 Å². The summed E-state index contributed by atoms with van der Waals surface area (Å²) in [4.78, 5) is 0. The van der Waals surface area contributed by atoms with Crippen molar-refractivity contribution in [2.75, 3.05) is 0 Å². The molecule has 0 aromatic heterocycles. The van der Waals surface area contributed by atoms with Gasteiger partial charge < -0.3 is 0 Å². The van der Waals surface area contributed by atoms with E-state index in [0.717, 1.165) is 0 Å². The Hall–Kier alpha value is -7.32. The molecule has 0 unspecified atom stereocenters. The van der Waals surface area contributed by atoms with Gasteiger partial charge in [0.25, 0.3) is 0 Å². The molecule has 0 aliphatic heterocycles. The first-order chi connectivity index (χ1) is 29.2. The molecule has 1 heteroatoms. The zero-order valence-electron chi connectivity index (χ0n) is 32.6. The summed E-state index contributed by atoms with van der Waals surface area (Å²) in [5.41, 5.74) is 9.72. The van der Waals surface area contributed by atoms with Gasteiger partial charge >= 0.3 is 0 Å². The van der Waals surface area contributed by atoms with Gasteiger partial charge in [-0.05, 0) is 116 Å². The highest BCUT2D eigenvalue weighted by molar-refractivity contribution is 7.19. The van der Waals surface area contributed by atoms with E-state index in [2.05, 4.69) is 243 Å². The molecule has 0 saturated heterocycles. The normalized spacial score (nSPS) is 11.7. The smallest absolute Gasteiger partial charge is 0.0623 e. The van der Waals surface area contributed by atoms with Gasteiger partial charge in [-0.2, -0.15) is 0 Å². The molecule has 0 aliphatic rings. The molecular weight excluding hydrogens is 725 g/mol. The van der Waals surface area contributed by atoms with Crippen LogP contribution in [0.1, 0.15) is 0 Å². The standard InChI is InChI=1S/C58H40Si/c1-5-14-41(15-6-1)48-38-49(42-24-26-44(27-25-42)55-36-32-47-29-28-45-16-13-17-46-33-37-56(55)58(47)57(45)46)40-50(39-48)43-30-34-54(35-31-43)59(51-18-7-2-8-19-51,52-20-9-3-10-21-52)53-22-11-4-12-23-53/h1-40H. The molecule has 0 aliphatic carbocycles. The Bertz CT molecular complexity index is 3100. The summed E-state index contributed by atoms with van der Waals surface area (Å²) in [6.07, 6.45) is 0. The third-order valence-electron chi connectivity index (χ3n) is 12.4. The van der Waals surface area contributed by atoms with Gasteiger partial charge in [0.2, 0.25) is 0 Å². The van der Waals surface area contributed by atoms with E-state index in [9.17, 15) is 0 Å². The van der Waals surface area contributed by atoms with Gasteiger partial charge in [0.15, 0.2) is 8.07 Å². The monoisotopic (exact) mass is 764 g/mol. The lowest BCUT2D eigenvalue weighted by molar-refractivity contribution is 1.56. The second-order valence-corrected chi connectivity index (χ2v) is 19.4. The summed E-state index contributed by atoms with van der Waals surface area (Å²) in [5.74, 6) is 0. The van der Waals surface area contributed by atoms with Crippen LogP contribution in [0.3, 0.4) is 0 Å². The van der Waals surface area contributed by atoms with Crippen molar-refractivity contribution in [3.8, 4) is 44.5 Å². The van der Waals surface area contributed by atoms with E-state index in [1.54, 1.807) is 0 Å². The van der Waals surface area contributed by atoms with Crippen LogP contribution in [0.25, 0.3) is 76.8 Å². The predicted molar refractivity (Wildman–Crippen MR) is 256 cm³/mol. The molecule has 11 aromatic rings. The largest absolute Gasteiger partial charge is 0.179 e. The van der Waals surface area contributed by atoms with Gasteiger partial charge in [0.1, 0.15) is 0 Å². The molecular formula is C58H40Si. The van der Waals surface area contributed by atoms with Crippen LogP contribution in [0.2, 0.25) is 0 Å². The van der Waals surface area contributed by atoms with Crippen LogP contribution < -0.4 is 20.7 Å². The fourth-order valence-corrected chi connectivity index (χ4v) is 14.3. The van der Waals surface area contributed by atoms with Gasteiger partial charge in [-0.1, -0.05) is 224 Å². The molecule has 0 atom stereocenters. The van der Waals surface area contributed by atoms with E-state index in [1.807, 2.05) is 0 Å². The lowest BCUT2D eigenvalue weighted by atomic mass is 9.89. The molecule has 0 spiro atoms. The predicted octanol–water partition coefficient (Wildman–Crippen LogP) is 12.6. The van der Waals surface area contributed by atoms with Gasteiger partial charge in [0, 0.05) is 0 Å². The summed E-state index contributed by atoms with van der Waals surface area (Å²) in [7, 11) is -2.62.